The number of aliphatic carboxylic acids is 1. The average molecular weight is 573 g/mol. The number of nitrogens with one attached hydrogen (secondary N) is 5. The van der Waals surface area contributed by atoms with E-state index in [1.54, 1.807) is 6.20 Å². The van der Waals surface area contributed by atoms with Gasteiger partial charge >= 0.3 is 5.97 Å². The normalized spacial score (nSPS) is 14.1. The van der Waals surface area contributed by atoms with Gasteiger partial charge in [-0.3, -0.25) is 19.2 Å². The lowest BCUT2D eigenvalue weighted by molar-refractivity contribution is -0.141. The molecule has 2 aromatic heterocycles. The van der Waals surface area contributed by atoms with E-state index in [0.29, 0.717) is 5.69 Å². The summed E-state index contributed by atoms with van der Waals surface area (Å²) in [5.41, 5.74) is 13.1. The Hall–Kier alpha value is -4.37. The van der Waals surface area contributed by atoms with Crippen molar-refractivity contribution in [1.82, 2.24) is 30.9 Å². The largest absolute Gasteiger partial charge is 0.480 e. The molecular weight excluding hydrogens is 540 g/mol. The van der Waals surface area contributed by atoms with Gasteiger partial charge < -0.3 is 42.5 Å². The van der Waals surface area contributed by atoms with Crippen molar-refractivity contribution < 1.29 is 29.1 Å². The second kappa shape index (κ2) is 14.1. The Morgan fingerprint density at radius 3 is 2.23 bits per heavy atom. The number of hydrogen-bond acceptors (Lipinski definition) is 8. The molecule has 3 rings (SSSR count). The number of aromatic amines is 2. The zero-order chi connectivity index (χ0) is 29.2. The number of nitrogens with zero attached hydrogens (tertiary/aromatic N) is 1. The van der Waals surface area contributed by atoms with Crippen LogP contribution in [0.2, 0.25) is 0 Å². The zero-order valence-electron chi connectivity index (χ0n) is 21.4. The number of nitrogens with two attached hydrogens (primary N) is 2. The molecule has 10 N–H and O–H groups in total. The van der Waals surface area contributed by atoms with Crippen LogP contribution in [0.25, 0.3) is 10.9 Å². The Balaban J connectivity index is 1.85. The Kier molecular flexibility index (Phi) is 10.7. The second-order valence-corrected chi connectivity index (χ2v) is 9.53. The van der Waals surface area contributed by atoms with E-state index in [1.165, 1.54) is 12.5 Å². The number of amides is 4. The van der Waals surface area contributed by atoms with E-state index in [4.69, 9.17) is 11.5 Å². The molecule has 14 nitrogen and oxygen atoms in total. The first-order valence-corrected chi connectivity index (χ1v) is 13.0. The van der Waals surface area contributed by atoms with Gasteiger partial charge in [0.25, 0.3) is 0 Å². The van der Waals surface area contributed by atoms with Gasteiger partial charge in [0.2, 0.25) is 23.6 Å². The molecular formula is C25H32N8O6S. The first kappa shape index (κ1) is 30.2. The fraction of sp³-hybridized carbons (Fsp3) is 0.360. The number of imidazole rings is 1. The molecule has 4 unspecified atom stereocenters. The molecule has 0 fully saturated rings. The summed E-state index contributed by atoms with van der Waals surface area (Å²) in [7, 11) is 0. The lowest BCUT2D eigenvalue weighted by atomic mass is 10.0. The Morgan fingerprint density at radius 1 is 0.950 bits per heavy atom. The van der Waals surface area contributed by atoms with E-state index < -0.39 is 53.8 Å². The molecule has 214 valence electrons. The van der Waals surface area contributed by atoms with Gasteiger partial charge in [-0.15, -0.1) is 0 Å². The van der Waals surface area contributed by atoms with Crippen LogP contribution < -0.4 is 27.4 Å². The number of para-hydroxylation sites is 1. The summed E-state index contributed by atoms with van der Waals surface area (Å²) in [6.07, 6.45) is 4.43. The van der Waals surface area contributed by atoms with E-state index in [2.05, 4.69) is 43.5 Å². The molecule has 1 aromatic carbocycles. The van der Waals surface area contributed by atoms with E-state index in [1.807, 2.05) is 24.3 Å². The van der Waals surface area contributed by atoms with Crippen LogP contribution in [0.4, 0.5) is 0 Å². The van der Waals surface area contributed by atoms with Crippen molar-refractivity contribution in [2.24, 2.45) is 11.5 Å². The number of carboxylic acid groups (broad SMARTS) is 1. The summed E-state index contributed by atoms with van der Waals surface area (Å²) >= 11 is 3.96. The minimum absolute atomic E-state index is 0.0201. The maximum absolute atomic E-state index is 13.6. The molecule has 0 aliphatic carbocycles. The van der Waals surface area contributed by atoms with Crippen molar-refractivity contribution in [2.75, 3.05) is 5.75 Å². The summed E-state index contributed by atoms with van der Waals surface area (Å²) < 4.78 is 0. The van der Waals surface area contributed by atoms with Gasteiger partial charge in [-0.2, -0.15) is 12.6 Å². The third kappa shape index (κ3) is 8.31. The number of benzene rings is 1. The van der Waals surface area contributed by atoms with Crippen LogP contribution in [0.5, 0.6) is 0 Å². The maximum atomic E-state index is 13.6. The number of thiol groups is 1. The Labute approximate surface area is 234 Å². The van der Waals surface area contributed by atoms with Gasteiger partial charge in [0, 0.05) is 54.0 Å². The van der Waals surface area contributed by atoms with Crippen molar-refractivity contribution in [3.8, 4) is 0 Å². The second-order valence-electron chi connectivity index (χ2n) is 9.16. The van der Waals surface area contributed by atoms with Gasteiger partial charge in [0.05, 0.1) is 12.4 Å². The molecule has 40 heavy (non-hydrogen) atoms. The maximum Gasteiger partial charge on any atom is 0.327 e. The number of rotatable bonds is 15. The molecule has 2 heterocycles. The lowest BCUT2D eigenvalue weighted by Crippen LogP contribution is -2.58. The van der Waals surface area contributed by atoms with Crippen molar-refractivity contribution in [2.45, 2.75) is 49.9 Å². The molecule has 0 bridgehead atoms. The number of primary amides is 1. The van der Waals surface area contributed by atoms with Crippen LogP contribution in [-0.4, -0.2) is 79.6 Å². The Bertz CT molecular complexity index is 1340. The molecule has 4 amide bonds. The fourth-order valence-corrected chi connectivity index (χ4v) is 4.24. The van der Waals surface area contributed by atoms with E-state index in [-0.39, 0.29) is 31.4 Å². The predicted molar refractivity (Wildman–Crippen MR) is 148 cm³/mol. The standard InChI is InChI=1S/C25H32N8O6S/c26-16(5-6-21(27)34)22(35)31-18(7-13-9-29-17-4-2-1-3-15(13)17)23(36)32-19(8-14-10-28-12-30-14)24(37)33-20(11-40)25(38)39/h1-4,9-10,12,16,18-20,29,40H,5-8,11,26H2,(H2,27,34)(H,28,30)(H,31,35)(H,32,36)(H,33,37)(H,38,39). The minimum atomic E-state index is -1.29. The van der Waals surface area contributed by atoms with Gasteiger partial charge in [-0.1, -0.05) is 18.2 Å². The molecule has 0 radical (unpaired) electrons. The highest BCUT2D eigenvalue weighted by molar-refractivity contribution is 7.80. The number of carbonyl (C=O) groups excluding carboxylic acids is 4. The van der Waals surface area contributed by atoms with Crippen LogP contribution >= 0.6 is 12.6 Å². The van der Waals surface area contributed by atoms with Crippen LogP contribution in [0.15, 0.2) is 43.0 Å². The minimum Gasteiger partial charge on any atom is -0.480 e. The summed E-state index contributed by atoms with van der Waals surface area (Å²) in [6.45, 7) is 0. The molecule has 0 aliphatic rings. The smallest absolute Gasteiger partial charge is 0.327 e. The SMILES string of the molecule is NC(=O)CCC(N)C(=O)NC(Cc1c[nH]c2ccccc12)C(=O)NC(Cc1cnc[nH]1)C(=O)NC(CS)C(=O)O. The van der Waals surface area contributed by atoms with Gasteiger partial charge in [0.1, 0.15) is 18.1 Å². The van der Waals surface area contributed by atoms with Crippen molar-refractivity contribution in [3.63, 3.8) is 0 Å². The van der Waals surface area contributed by atoms with E-state index >= 15 is 0 Å². The summed E-state index contributed by atoms with van der Waals surface area (Å²) in [5, 5.41) is 17.8. The number of hydrogen-bond donors (Lipinski definition) is 9. The van der Waals surface area contributed by atoms with E-state index in [0.717, 1.165) is 16.5 Å². The van der Waals surface area contributed by atoms with Crippen LogP contribution in [0, 0.1) is 0 Å². The zero-order valence-corrected chi connectivity index (χ0v) is 22.3. The highest BCUT2D eigenvalue weighted by atomic mass is 32.1. The summed E-state index contributed by atoms with van der Waals surface area (Å²) in [5.74, 6) is -4.24. The average Bonchev–Trinajstić information content (AvgIpc) is 3.59. The third-order valence-corrected chi connectivity index (χ3v) is 6.54. The number of aromatic nitrogens is 3. The van der Waals surface area contributed by atoms with Gasteiger partial charge in [-0.25, -0.2) is 9.78 Å². The van der Waals surface area contributed by atoms with Crippen molar-refractivity contribution >= 4 is 53.1 Å². The molecule has 0 saturated heterocycles. The quantitative estimate of drug-likeness (QED) is 0.0993. The van der Waals surface area contributed by atoms with Crippen molar-refractivity contribution in [3.05, 3.63) is 54.2 Å². The lowest BCUT2D eigenvalue weighted by Gasteiger charge is -2.25. The topological polar surface area (TPSA) is 238 Å². The molecule has 15 heteroatoms. The predicted octanol–water partition coefficient (Wildman–Crippen LogP) is -1.26. The molecule has 0 aliphatic heterocycles. The van der Waals surface area contributed by atoms with E-state index in [9.17, 15) is 29.1 Å². The Morgan fingerprint density at radius 2 is 1.60 bits per heavy atom. The van der Waals surface area contributed by atoms with Crippen LogP contribution in [0.1, 0.15) is 24.1 Å². The number of H-pyrrole nitrogens is 2. The molecule has 0 saturated carbocycles. The number of carbonyl (C=O) groups is 5. The number of carboxylic acids is 1. The van der Waals surface area contributed by atoms with Crippen LogP contribution in [-0.2, 0) is 36.8 Å². The fourth-order valence-electron chi connectivity index (χ4n) is 3.99. The molecule has 4 atom stereocenters. The third-order valence-electron chi connectivity index (χ3n) is 6.18. The van der Waals surface area contributed by atoms with Crippen LogP contribution in [0.3, 0.4) is 0 Å². The van der Waals surface area contributed by atoms with Gasteiger partial charge in [-0.05, 0) is 18.1 Å². The molecule has 0 spiro atoms. The first-order chi connectivity index (χ1) is 19.1. The summed E-state index contributed by atoms with van der Waals surface area (Å²) in [4.78, 5) is 71.9. The highest BCUT2D eigenvalue weighted by Gasteiger charge is 2.31. The monoisotopic (exact) mass is 572 g/mol. The van der Waals surface area contributed by atoms with Gasteiger partial charge in [0.15, 0.2) is 0 Å². The first-order valence-electron chi connectivity index (χ1n) is 12.4. The number of fused-ring (bicyclic) bond motifs is 1. The van der Waals surface area contributed by atoms with Crippen molar-refractivity contribution in [1.29, 1.82) is 0 Å². The highest BCUT2D eigenvalue weighted by Crippen LogP contribution is 2.19. The molecule has 3 aromatic rings. The summed E-state index contributed by atoms with van der Waals surface area (Å²) in [6, 6.07) is 2.59.